The van der Waals surface area contributed by atoms with Gasteiger partial charge in [0.05, 0.1) is 12.5 Å². The number of urea groups is 1. The highest BCUT2D eigenvalue weighted by Crippen LogP contribution is 2.33. The van der Waals surface area contributed by atoms with Gasteiger partial charge in [0.25, 0.3) is 5.91 Å². The third-order valence-corrected chi connectivity index (χ3v) is 4.05. The van der Waals surface area contributed by atoms with E-state index in [1.54, 1.807) is 6.92 Å². The van der Waals surface area contributed by atoms with Crippen molar-refractivity contribution < 1.29 is 9.59 Å². The SMILES string of the molecule is C[C@]1(c2cccc3ccccc23)NC(=O)N(CCC#N)C1=O. The van der Waals surface area contributed by atoms with Crippen LogP contribution in [0.3, 0.4) is 0 Å². The van der Waals surface area contributed by atoms with Crippen molar-refractivity contribution in [2.24, 2.45) is 0 Å². The molecule has 110 valence electrons. The molecule has 5 heteroatoms. The number of carbonyl (C=O) groups excluding carboxylic acids is 2. The average molecular weight is 293 g/mol. The molecule has 1 fully saturated rings. The fourth-order valence-electron chi connectivity index (χ4n) is 2.91. The summed E-state index contributed by atoms with van der Waals surface area (Å²) in [7, 11) is 0. The minimum Gasteiger partial charge on any atom is -0.319 e. The van der Waals surface area contributed by atoms with Crippen molar-refractivity contribution in [2.75, 3.05) is 6.54 Å². The molecule has 1 heterocycles. The number of benzene rings is 2. The van der Waals surface area contributed by atoms with Crippen LogP contribution in [0.15, 0.2) is 42.5 Å². The van der Waals surface area contributed by atoms with Crippen LogP contribution in [0.1, 0.15) is 18.9 Å². The van der Waals surface area contributed by atoms with Gasteiger partial charge in [0.15, 0.2) is 0 Å². The Morgan fingerprint density at radius 1 is 1.18 bits per heavy atom. The highest BCUT2D eigenvalue weighted by Gasteiger charge is 2.49. The topological polar surface area (TPSA) is 73.2 Å². The van der Waals surface area contributed by atoms with Crippen LogP contribution in [-0.2, 0) is 10.3 Å². The predicted octanol–water partition coefficient (Wildman–Crippen LogP) is 2.52. The fourth-order valence-corrected chi connectivity index (χ4v) is 2.91. The van der Waals surface area contributed by atoms with Gasteiger partial charge in [-0.1, -0.05) is 42.5 Å². The van der Waals surface area contributed by atoms with Crippen molar-refractivity contribution in [1.29, 1.82) is 5.26 Å². The number of imide groups is 1. The van der Waals surface area contributed by atoms with Crippen LogP contribution in [-0.4, -0.2) is 23.4 Å². The molecule has 22 heavy (non-hydrogen) atoms. The van der Waals surface area contributed by atoms with E-state index in [4.69, 9.17) is 5.26 Å². The number of amides is 3. The Kier molecular flexibility index (Phi) is 3.30. The van der Waals surface area contributed by atoms with E-state index in [2.05, 4.69) is 5.32 Å². The smallest absolute Gasteiger partial charge is 0.319 e. The number of rotatable bonds is 3. The molecule has 0 spiro atoms. The molecule has 0 aliphatic carbocycles. The summed E-state index contributed by atoms with van der Waals surface area (Å²) >= 11 is 0. The zero-order chi connectivity index (χ0) is 15.7. The van der Waals surface area contributed by atoms with Crippen molar-refractivity contribution in [3.8, 4) is 6.07 Å². The van der Waals surface area contributed by atoms with Gasteiger partial charge in [-0.05, 0) is 23.3 Å². The summed E-state index contributed by atoms with van der Waals surface area (Å²) in [6, 6.07) is 15.0. The van der Waals surface area contributed by atoms with E-state index in [9.17, 15) is 9.59 Å². The molecule has 2 aromatic carbocycles. The first-order chi connectivity index (χ1) is 10.6. The van der Waals surface area contributed by atoms with Gasteiger partial charge in [0, 0.05) is 6.54 Å². The highest BCUT2D eigenvalue weighted by atomic mass is 16.2. The van der Waals surface area contributed by atoms with E-state index in [-0.39, 0.29) is 18.9 Å². The van der Waals surface area contributed by atoms with Gasteiger partial charge in [-0.3, -0.25) is 9.69 Å². The Labute approximate surface area is 128 Å². The molecule has 0 bridgehead atoms. The van der Waals surface area contributed by atoms with Crippen molar-refractivity contribution in [2.45, 2.75) is 18.9 Å². The zero-order valence-electron chi connectivity index (χ0n) is 12.2. The standard InChI is InChI=1S/C17H15N3O2/c1-17(15(21)20(11-5-10-18)16(22)19-17)14-9-4-7-12-6-2-3-8-13(12)14/h2-4,6-9H,5,11H2,1H3,(H,19,22)/t17-/m1/s1. The molecule has 5 nitrogen and oxygen atoms in total. The Morgan fingerprint density at radius 3 is 2.68 bits per heavy atom. The van der Waals surface area contributed by atoms with Gasteiger partial charge in [-0.15, -0.1) is 0 Å². The molecule has 1 atom stereocenters. The molecule has 2 aromatic rings. The normalized spacial score (nSPS) is 21.0. The van der Waals surface area contributed by atoms with Crippen LogP contribution in [0.2, 0.25) is 0 Å². The molecule has 1 N–H and O–H groups in total. The maximum absolute atomic E-state index is 12.7. The number of nitrogens with zero attached hydrogens (tertiary/aromatic N) is 2. The average Bonchev–Trinajstić information content (AvgIpc) is 2.75. The zero-order valence-corrected chi connectivity index (χ0v) is 12.2. The summed E-state index contributed by atoms with van der Waals surface area (Å²) in [5.74, 6) is -0.316. The lowest BCUT2D eigenvalue weighted by Gasteiger charge is -2.23. The molecule has 0 unspecified atom stereocenters. The van der Waals surface area contributed by atoms with Crippen LogP contribution >= 0.6 is 0 Å². The van der Waals surface area contributed by atoms with E-state index < -0.39 is 11.6 Å². The molecule has 3 rings (SSSR count). The lowest BCUT2D eigenvalue weighted by molar-refractivity contribution is -0.131. The van der Waals surface area contributed by atoms with Gasteiger partial charge < -0.3 is 5.32 Å². The van der Waals surface area contributed by atoms with Crippen molar-refractivity contribution in [1.82, 2.24) is 10.2 Å². The monoisotopic (exact) mass is 293 g/mol. The minimum atomic E-state index is -1.10. The molecule has 0 radical (unpaired) electrons. The minimum absolute atomic E-state index is 0.113. The van der Waals surface area contributed by atoms with Crippen LogP contribution < -0.4 is 5.32 Å². The fraction of sp³-hybridized carbons (Fsp3) is 0.235. The van der Waals surface area contributed by atoms with Crippen molar-refractivity contribution in [3.05, 3.63) is 48.0 Å². The molecule has 3 amide bonds. The van der Waals surface area contributed by atoms with Gasteiger partial charge in [-0.25, -0.2) is 4.79 Å². The highest BCUT2D eigenvalue weighted by molar-refractivity contribution is 6.09. The second kappa shape index (κ2) is 5.15. The van der Waals surface area contributed by atoms with E-state index in [1.165, 1.54) is 0 Å². The number of hydrogen-bond donors (Lipinski definition) is 1. The van der Waals surface area contributed by atoms with Crippen LogP contribution in [0, 0.1) is 11.3 Å². The molecule has 1 aliphatic rings. The Morgan fingerprint density at radius 2 is 1.91 bits per heavy atom. The third kappa shape index (κ3) is 2.01. The first-order valence-electron chi connectivity index (χ1n) is 7.07. The van der Waals surface area contributed by atoms with Gasteiger partial charge in [0.2, 0.25) is 0 Å². The number of fused-ring (bicyclic) bond motifs is 1. The molecule has 0 aromatic heterocycles. The first-order valence-corrected chi connectivity index (χ1v) is 7.07. The van der Waals surface area contributed by atoms with Crippen molar-refractivity contribution in [3.63, 3.8) is 0 Å². The lowest BCUT2D eigenvalue weighted by atomic mass is 9.88. The number of hydrogen-bond acceptors (Lipinski definition) is 3. The van der Waals surface area contributed by atoms with Gasteiger partial charge in [0.1, 0.15) is 5.54 Å². The number of nitrogens with one attached hydrogen (secondary N) is 1. The quantitative estimate of drug-likeness (QED) is 0.884. The predicted molar refractivity (Wildman–Crippen MR) is 81.8 cm³/mol. The summed E-state index contributed by atoms with van der Waals surface area (Å²) in [6.45, 7) is 1.82. The summed E-state index contributed by atoms with van der Waals surface area (Å²) in [5, 5.41) is 13.4. The van der Waals surface area contributed by atoms with Crippen LogP contribution in [0.4, 0.5) is 4.79 Å². The number of nitriles is 1. The molecule has 1 aliphatic heterocycles. The molecular weight excluding hydrogens is 278 g/mol. The van der Waals surface area contributed by atoms with Gasteiger partial charge in [-0.2, -0.15) is 5.26 Å². The van der Waals surface area contributed by atoms with Gasteiger partial charge >= 0.3 is 6.03 Å². The lowest BCUT2D eigenvalue weighted by Crippen LogP contribution is -2.41. The van der Waals surface area contributed by atoms with Crippen LogP contribution in [0.5, 0.6) is 0 Å². The molecule has 1 saturated heterocycles. The first kappa shape index (κ1) is 14.1. The summed E-state index contributed by atoms with van der Waals surface area (Å²) < 4.78 is 0. The Balaban J connectivity index is 2.08. The summed E-state index contributed by atoms with van der Waals surface area (Å²) in [4.78, 5) is 25.9. The second-order valence-electron chi connectivity index (χ2n) is 5.45. The summed E-state index contributed by atoms with van der Waals surface area (Å²) in [5.41, 5.74) is -0.337. The Bertz CT molecular complexity index is 804. The van der Waals surface area contributed by atoms with Crippen molar-refractivity contribution >= 4 is 22.7 Å². The Hall–Kier alpha value is -2.87. The van der Waals surface area contributed by atoms with Crippen LogP contribution in [0.25, 0.3) is 10.8 Å². The largest absolute Gasteiger partial charge is 0.325 e. The third-order valence-electron chi connectivity index (χ3n) is 4.05. The molecular formula is C17H15N3O2. The molecule has 0 saturated carbocycles. The maximum Gasteiger partial charge on any atom is 0.325 e. The van der Waals surface area contributed by atoms with E-state index in [1.807, 2.05) is 48.5 Å². The van der Waals surface area contributed by atoms with E-state index in [0.29, 0.717) is 0 Å². The second-order valence-corrected chi connectivity index (χ2v) is 5.45. The van der Waals surface area contributed by atoms with E-state index >= 15 is 0 Å². The maximum atomic E-state index is 12.7. The van der Waals surface area contributed by atoms with E-state index in [0.717, 1.165) is 21.2 Å². The number of carbonyl (C=O) groups is 2. The summed E-state index contributed by atoms with van der Waals surface area (Å²) in [6.07, 6.45) is 0.130.